The molecule has 2 rings (SSSR count). The zero-order valence-corrected chi connectivity index (χ0v) is 11.5. The van der Waals surface area contributed by atoms with Crippen molar-refractivity contribution in [1.82, 2.24) is 0 Å². The third-order valence-corrected chi connectivity index (χ3v) is 4.99. The van der Waals surface area contributed by atoms with Crippen molar-refractivity contribution in [1.29, 1.82) is 0 Å². The molecule has 112 valence electrons. The van der Waals surface area contributed by atoms with Gasteiger partial charge >= 0.3 is 6.18 Å². The first-order valence-electron chi connectivity index (χ1n) is 5.95. The molecule has 0 bridgehead atoms. The minimum Gasteiger partial charge on any atom is -0.338 e. The first kappa shape index (κ1) is 15.7. The van der Waals surface area contributed by atoms with E-state index in [4.69, 9.17) is 0 Å². The van der Waals surface area contributed by atoms with Crippen LogP contribution >= 0.6 is 7.37 Å². The molecule has 2 aromatic rings. The van der Waals surface area contributed by atoms with Crippen molar-refractivity contribution in [3.05, 3.63) is 59.9 Å². The largest absolute Gasteiger partial charge is 0.393 e. The molecule has 0 aliphatic rings. The molecule has 2 aromatic carbocycles. The summed E-state index contributed by atoms with van der Waals surface area (Å²) < 4.78 is 63.8. The summed E-state index contributed by atoms with van der Waals surface area (Å²) in [5, 5.41) is -0.896. The molecule has 0 heterocycles. The van der Waals surface area contributed by atoms with Crippen LogP contribution in [0.15, 0.2) is 48.5 Å². The van der Waals surface area contributed by atoms with E-state index in [0.717, 1.165) is 24.3 Å². The molecule has 7 heteroatoms. The van der Waals surface area contributed by atoms with Gasteiger partial charge in [0.15, 0.2) is 0 Å². The molecule has 0 spiro atoms. The van der Waals surface area contributed by atoms with E-state index in [1.807, 2.05) is 0 Å². The maximum absolute atomic E-state index is 13.7. The van der Waals surface area contributed by atoms with E-state index in [2.05, 4.69) is 0 Å². The van der Waals surface area contributed by atoms with Crippen LogP contribution < -0.4 is 10.6 Å². The van der Waals surface area contributed by atoms with Crippen molar-refractivity contribution < 1.29 is 27.0 Å². The van der Waals surface area contributed by atoms with Crippen LogP contribution in [0.1, 0.15) is 5.56 Å². The standard InChI is InChI=1S/C14H11F4O2P/c15-11-6-2-4-8-13(11)21(19,20)12-7-3-1-5-10(12)9-14(16,17)18/h1-8H,9H2,(H,19,20). The number of alkyl halides is 3. The average Bonchev–Trinajstić information content (AvgIpc) is 2.37. The lowest BCUT2D eigenvalue weighted by Crippen LogP contribution is -2.24. The van der Waals surface area contributed by atoms with Gasteiger partial charge in [0.2, 0.25) is 0 Å². The molecule has 0 amide bonds. The van der Waals surface area contributed by atoms with Gasteiger partial charge in [-0.2, -0.15) is 13.2 Å². The third kappa shape index (κ3) is 3.52. The van der Waals surface area contributed by atoms with Crippen molar-refractivity contribution in [2.24, 2.45) is 0 Å². The number of hydrogen-bond acceptors (Lipinski definition) is 1. The van der Waals surface area contributed by atoms with Crippen LogP contribution in [0.4, 0.5) is 17.6 Å². The molecular weight excluding hydrogens is 307 g/mol. The predicted octanol–water partition coefficient (Wildman–Crippen LogP) is 3.15. The molecule has 1 N–H and O–H groups in total. The van der Waals surface area contributed by atoms with Gasteiger partial charge in [0.05, 0.1) is 11.7 Å². The first-order valence-corrected chi connectivity index (χ1v) is 7.61. The zero-order valence-electron chi connectivity index (χ0n) is 10.6. The molecular formula is C14H11F4O2P. The summed E-state index contributed by atoms with van der Waals surface area (Å²) in [5.74, 6) is -0.926. The Kier molecular flexibility index (Phi) is 4.21. The van der Waals surface area contributed by atoms with Gasteiger partial charge in [0.1, 0.15) is 5.82 Å². The lowest BCUT2D eigenvalue weighted by Gasteiger charge is -2.17. The molecule has 2 nitrogen and oxygen atoms in total. The van der Waals surface area contributed by atoms with Gasteiger partial charge in [-0.15, -0.1) is 0 Å². The van der Waals surface area contributed by atoms with Crippen molar-refractivity contribution in [2.75, 3.05) is 0 Å². The zero-order chi connectivity index (χ0) is 15.7. The Morgan fingerprint density at radius 1 is 0.952 bits per heavy atom. The van der Waals surface area contributed by atoms with Crippen LogP contribution in [0.3, 0.4) is 0 Å². The maximum atomic E-state index is 13.7. The highest BCUT2D eigenvalue weighted by molar-refractivity contribution is 7.73. The molecule has 1 atom stereocenters. The van der Waals surface area contributed by atoms with E-state index < -0.39 is 36.4 Å². The van der Waals surface area contributed by atoms with Crippen LogP contribution in [0, 0.1) is 5.82 Å². The summed E-state index contributed by atoms with van der Waals surface area (Å²) in [5.41, 5.74) is -0.334. The molecule has 1 unspecified atom stereocenters. The highest BCUT2D eigenvalue weighted by Crippen LogP contribution is 2.41. The van der Waals surface area contributed by atoms with Crippen LogP contribution in [-0.2, 0) is 11.0 Å². The topological polar surface area (TPSA) is 37.3 Å². The normalized spacial score (nSPS) is 14.7. The summed E-state index contributed by atoms with van der Waals surface area (Å²) >= 11 is 0. The second kappa shape index (κ2) is 5.62. The lowest BCUT2D eigenvalue weighted by atomic mass is 10.1. The fourth-order valence-corrected chi connectivity index (χ4v) is 3.74. The Balaban J connectivity index is 2.56. The van der Waals surface area contributed by atoms with Gasteiger partial charge in [-0.25, -0.2) is 4.39 Å². The molecule has 0 saturated heterocycles. The number of benzene rings is 2. The lowest BCUT2D eigenvalue weighted by molar-refractivity contribution is -0.127. The molecule has 0 aliphatic heterocycles. The Labute approximate surface area is 118 Å². The van der Waals surface area contributed by atoms with Gasteiger partial charge in [-0.3, -0.25) is 4.57 Å². The SMILES string of the molecule is O=P(O)(c1ccccc1F)c1ccccc1CC(F)(F)F. The van der Waals surface area contributed by atoms with Crippen LogP contribution in [0.25, 0.3) is 0 Å². The van der Waals surface area contributed by atoms with E-state index in [1.165, 1.54) is 24.3 Å². The highest BCUT2D eigenvalue weighted by atomic mass is 31.2. The van der Waals surface area contributed by atoms with Crippen molar-refractivity contribution in [2.45, 2.75) is 12.6 Å². The number of halogens is 4. The number of hydrogen-bond donors (Lipinski definition) is 1. The van der Waals surface area contributed by atoms with E-state index >= 15 is 0 Å². The van der Waals surface area contributed by atoms with Crippen LogP contribution in [0.5, 0.6) is 0 Å². The molecule has 0 aliphatic carbocycles. The third-order valence-electron chi connectivity index (χ3n) is 2.89. The second-order valence-electron chi connectivity index (χ2n) is 4.45. The maximum Gasteiger partial charge on any atom is 0.393 e. The van der Waals surface area contributed by atoms with E-state index in [-0.39, 0.29) is 5.56 Å². The minimum atomic E-state index is -4.52. The average molecular weight is 318 g/mol. The van der Waals surface area contributed by atoms with Crippen LogP contribution in [-0.4, -0.2) is 11.1 Å². The summed E-state index contributed by atoms with van der Waals surface area (Å²) in [7, 11) is -4.43. The van der Waals surface area contributed by atoms with Crippen LogP contribution in [0.2, 0.25) is 0 Å². The molecule has 0 radical (unpaired) electrons. The quantitative estimate of drug-likeness (QED) is 0.697. The summed E-state index contributed by atoms with van der Waals surface area (Å²) in [6, 6.07) is 9.70. The fraction of sp³-hybridized carbons (Fsp3) is 0.143. The smallest absolute Gasteiger partial charge is 0.338 e. The van der Waals surface area contributed by atoms with Gasteiger partial charge in [-0.05, 0) is 23.8 Å². The van der Waals surface area contributed by atoms with Crippen molar-refractivity contribution in [3.63, 3.8) is 0 Å². The second-order valence-corrected chi connectivity index (χ2v) is 6.56. The Bertz CT molecular complexity index is 697. The minimum absolute atomic E-state index is 0.334. The highest BCUT2D eigenvalue weighted by Gasteiger charge is 2.34. The van der Waals surface area contributed by atoms with Crippen molar-refractivity contribution in [3.8, 4) is 0 Å². The summed E-state index contributed by atoms with van der Waals surface area (Å²) in [6.07, 6.45) is -5.87. The monoisotopic (exact) mass is 318 g/mol. The molecule has 0 aromatic heterocycles. The Morgan fingerprint density at radius 2 is 1.48 bits per heavy atom. The molecule has 21 heavy (non-hydrogen) atoms. The first-order chi connectivity index (χ1) is 9.72. The Morgan fingerprint density at radius 3 is 2.05 bits per heavy atom. The predicted molar refractivity (Wildman–Crippen MR) is 71.7 cm³/mol. The van der Waals surface area contributed by atoms with Gasteiger partial charge < -0.3 is 4.89 Å². The van der Waals surface area contributed by atoms with E-state index in [0.29, 0.717) is 0 Å². The number of rotatable bonds is 3. The molecule has 0 fully saturated rings. The van der Waals surface area contributed by atoms with Gasteiger partial charge in [-0.1, -0.05) is 30.3 Å². The molecule has 0 saturated carbocycles. The summed E-state index contributed by atoms with van der Waals surface area (Å²) in [4.78, 5) is 10.2. The van der Waals surface area contributed by atoms with E-state index in [1.54, 1.807) is 0 Å². The Hall–Kier alpha value is -1.65. The fourth-order valence-electron chi connectivity index (χ4n) is 2.00. The van der Waals surface area contributed by atoms with Crippen molar-refractivity contribution >= 4 is 18.0 Å². The van der Waals surface area contributed by atoms with Gasteiger partial charge in [0, 0.05) is 5.30 Å². The van der Waals surface area contributed by atoms with E-state index in [9.17, 15) is 27.0 Å². The van der Waals surface area contributed by atoms with Gasteiger partial charge in [0.25, 0.3) is 7.37 Å². The summed E-state index contributed by atoms with van der Waals surface area (Å²) in [6.45, 7) is 0.